The number of hydrogen-bond donors (Lipinski definition) is 2. The molecule has 2 fully saturated rings. The van der Waals surface area contributed by atoms with Crippen LogP contribution in [-0.4, -0.2) is 64.2 Å². The second kappa shape index (κ2) is 7.56. The zero-order valence-corrected chi connectivity index (χ0v) is 13.8. The van der Waals surface area contributed by atoms with Crippen LogP contribution in [0.5, 0.6) is 0 Å². The second-order valence-electron chi connectivity index (χ2n) is 6.31. The number of hydrogen-bond acceptors (Lipinski definition) is 3. The topological polar surface area (TPSA) is 70.9 Å². The molecular formula is C14H28N3O3S+. The van der Waals surface area contributed by atoms with Crippen molar-refractivity contribution >= 4 is 15.9 Å². The van der Waals surface area contributed by atoms with Crippen molar-refractivity contribution in [1.82, 2.24) is 9.62 Å². The van der Waals surface area contributed by atoms with E-state index in [0.717, 1.165) is 25.8 Å². The quantitative estimate of drug-likeness (QED) is 0.607. The third-order valence-electron chi connectivity index (χ3n) is 4.54. The van der Waals surface area contributed by atoms with E-state index in [2.05, 4.69) is 5.32 Å². The fourth-order valence-corrected chi connectivity index (χ4v) is 4.19. The number of carbonyl (C=O) groups is 1. The molecule has 2 aliphatic heterocycles. The van der Waals surface area contributed by atoms with Gasteiger partial charge in [-0.3, -0.25) is 4.79 Å². The summed E-state index contributed by atoms with van der Waals surface area (Å²) in [4.78, 5) is 13.8. The minimum absolute atomic E-state index is 0.0137. The van der Waals surface area contributed by atoms with Crippen molar-refractivity contribution in [3.63, 3.8) is 0 Å². The standard InChI is InChI=1S/C14H27N3O3S/c1-21(19,20)17-11-4-6-13(12-17)14(18)15-7-5-10-16-8-2-3-9-16/h13H,2-12H2,1H3,(H,15,18)/p+1. The van der Waals surface area contributed by atoms with Gasteiger partial charge in [0.15, 0.2) is 0 Å². The van der Waals surface area contributed by atoms with E-state index in [4.69, 9.17) is 0 Å². The molecule has 6 nitrogen and oxygen atoms in total. The molecule has 2 rings (SSSR count). The normalized spacial score (nSPS) is 25.1. The van der Waals surface area contributed by atoms with Crippen molar-refractivity contribution < 1.29 is 18.1 Å². The Morgan fingerprint density at radius 1 is 1.29 bits per heavy atom. The lowest BCUT2D eigenvalue weighted by Crippen LogP contribution is -3.10. The molecule has 0 radical (unpaired) electrons. The van der Waals surface area contributed by atoms with Crippen LogP contribution in [0.1, 0.15) is 32.1 Å². The van der Waals surface area contributed by atoms with Crippen LogP contribution in [0, 0.1) is 5.92 Å². The van der Waals surface area contributed by atoms with Crippen LogP contribution in [0.25, 0.3) is 0 Å². The molecule has 2 heterocycles. The van der Waals surface area contributed by atoms with E-state index in [1.54, 1.807) is 4.90 Å². The Balaban J connectivity index is 1.67. The summed E-state index contributed by atoms with van der Waals surface area (Å²) in [5.41, 5.74) is 0. The highest BCUT2D eigenvalue weighted by Gasteiger charge is 2.29. The van der Waals surface area contributed by atoms with Gasteiger partial charge in [0.1, 0.15) is 0 Å². The summed E-state index contributed by atoms with van der Waals surface area (Å²) >= 11 is 0. The summed E-state index contributed by atoms with van der Waals surface area (Å²) in [5.74, 6) is -0.174. The van der Waals surface area contributed by atoms with E-state index >= 15 is 0 Å². The molecule has 1 amide bonds. The van der Waals surface area contributed by atoms with Gasteiger partial charge in [0.05, 0.1) is 31.8 Å². The number of nitrogens with one attached hydrogen (secondary N) is 2. The Bertz CT molecular complexity index is 446. The van der Waals surface area contributed by atoms with Crippen LogP contribution in [0.4, 0.5) is 0 Å². The van der Waals surface area contributed by atoms with Crippen LogP contribution < -0.4 is 10.2 Å². The summed E-state index contributed by atoms with van der Waals surface area (Å²) in [6.45, 7) is 5.24. The predicted octanol–water partition coefficient (Wildman–Crippen LogP) is -1.16. The van der Waals surface area contributed by atoms with Gasteiger partial charge in [0.25, 0.3) is 0 Å². The second-order valence-corrected chi connectivity index (χ2v) is 8.29. The minimum atomic E-state index is -3.18. The molecule has 2 N–H and O–H groups in total. The maximum atomic E-state index is 12.1. The number of sulfonamides is 1. The first kappa shape index (κ1) is 16.7. The first-order valence-electron chi connectivity index (χ1n) is 8.03. The van der Waals surface area contributed by atoms with Gasteiger partial charge in [0, 0.05) is 38.9 Å². The van der Waals surface area contributed by atoms with Crippen LogP contribution in [-0.2, 0) is 14.8 Å². The average Bonchev–Trinajstić information content (AvgIpc) is 2.96. The van der Waals surface area contributed by atoms with Crippen molar-refractivity contribution in [2.45, 2.75) is 32.1 Å². The van der Waals surface area contributed by atoms with Gasteiger partial charge >= 0.3 is 0 Å². The highest BCUT2D eigenvalue weighted by Crippen LogP contribution is 2.18. The van der Waals surface area contributed by atoms with Crippen LogP contribution >= 0.6 is 0 Å². The van der Waals surface area contributed by atoms with E-state index in [9.17, 15) is 13.2 Å². The molecule has 2 aliphatic rings. The van der Waals surface area contributed by atoms with E-state index in [1.165, 1.54) is 36.5 Å². The molecule has 0 aromatic rings. The van der Waals surface area contributed by atoms with Gasteiger partial charge in [-0.2, -0.15) is 0 Å². The highest BCUT2D eigenvalue weighted by molar-refractivity contribution is 7.88. The first-order chi connectivity index (χ1) is 9.97. The van der Waals surface area contributed by atoms with E-state index in [1.807, 2.05) is 0 Å². The lowest BCUT2D eigenvalue weighted by Gasteiger charge is -2.30. The fourth-order valence-electron chi connectivity index (χ4n) is 3.28. The first-order valence-corrected chi connectivity index (χ1v) is 9.88. The van der Waals surface area contributed by atoms with Crippen molar-refractivity contribution in [2.75, 3.05) is 45.5 Å². The molecule has 7 heteroatoms. The number of rotatable bonds is 6. The van der Waals surface area contributed by atoms with Crippen molar-refractivity contribution in [3.8, 4) is 0 Å². The van der Waals surface area contributed by atoms with Gasteiger partial charge in [0.2, 0.25) is 15.9 Å². The number of nitrogens with zero attached hydrogens (tertiary/aromatic N) is 1. The van der Waals surface area contributed by atoms with Crippen LogP contribution in [0.2, 0.25) is 0 Å². The highest BCUT2D eigenvalue weighted by atomic mass is 32.2. The van der Waals surface area contributed by atoms with E-state index in [0.29, 0.717) is 19.6 Å². The number of quaternary nitrogens is 1. The largest absolute Gasteiger partial charge is 0.356 e. The average molecular weight is 318 g/mol. The molecule has 0 bridgehead atoms. The lowest BCUT2D eigenvalue weighted by atomic mass is 9.99. The number of carbonyl (C=O) groups excluding carboxylic acids is 1. The van der Waals surface area contributed by atoms with Crippen LogP contribution in [0.15, 0.2) is 0 Å². The van der Waals surface area contributed by atoms with E-state index < -0.39 is 10.0 Å². The predicted molar refractivity (Wildman–Crippen MR) is 81.6 cm³/mol. The monoisotopic (exact) mass is 318 g/mol. The maximum absolute atomic E-state index is 12.1. The molecule has 0 aromatic carbocycles. The molecule has 122 valence electrons. The molecule has 0 aliphatic carbocycles. The van der Waals surface area contributed by atoms with E-state index in [-0.39, 0.29) is 11.8 Å². The Hall–Kier alpha value is -0.660. The third-order valence-corrected chi connectivity index (χ3v) is 5.81. The molecule has 1 unspecified atom stereocenters. The Labute approximate surface area is 127 Å². The Kier molecular flexibility index (Phi) is 6.01. The van der Waals surface area contributed by atoms with Crippen molar-refractivity contribution in [1.29, 1.82) is 0 Å². The molecule has 1 atom stereocenters. The summed E-state index contributed by atoms with van der Waals surface area (Å²) in [6, 6.07) is 0. The SMILES string of the molecule is CS(=O)(=O)N1CCCC(C(=O)NCCC[NH+]2CCCC2)C1. The molecule has 0 spiro atoms. The molecule has 2 saturated heterocycles. The molecule has 0 aromatic heterocycles. The van der Waals surface area contributed by atoms with Gasteiger partial charge in [-0.1, -0.05) is 0 Å². The summed E-state index contributed by atoms with van der Waals surface area (Å²) in [6.07, 6.45) is 6.42. The zero-order chi connectivity index (χ0) is 15.3. The maximum Gasteiger partial charge on any atom is 0.224 e. The Morgan fingerprint density at radius 2 is 2.00 bits per heavy atom. The van der Waals surface area contributed by atoms with Gasteiger partial charge in [-0.05, 0) is 12.8 Å². The number of piperidine rings is 1. The summed E-state index contributed by atoms with van der Waals surface area (Å²) in [7, 11) is -3.18. The zero-order valence-electron chi connectivity index (χ0n) is 12.9. The van der Waals surface area contributed by atoms with Gasteiger partial charge in [-0.25, -0.2) is 12.7 Å². The minimum Gasteiger partial charge on any atom is -0.356 e. The number of amides is 1. The molecule has 0 saturated carbocycles. The third kappa shape index (κ3) is 5.23. The fraction of sp³-hybridized carbons (Fsp3) is 0.929. The lowest BCUT2D eigenvalue weighted by molar-refractivity contribution is -0.887. The Morgan fingerprint density at radius 3 is 2.67 bits per heavy atom. The smallest absolute Gasteiger partial charge is 0.224 e. The molecular weight excluding hydrogens is 290 g/mol. The van der Waals surface area contributed by atoms with Gasteiger partial charge < -0.3 is 10.2 Å². The van der Waals surface area contributed by atoms with Gasteiger partial charge in [-0.15, -0.1) is 0 Å². The summed E-state index contributed by atoms with van der Waals surface area (Å²) in [5, 5.41) is 2.97. The number of likely N-dealkylation sites (tertiary alicyclic amines) is 1. The van der Waals surface area contributed by atoms with Crippen LogP contribution in [0.3, 0.4) is 0 Å². The molecule has 21 heavy (non-hydrogen) atoms. The van der Waals surface area contributed by atoms with Crippen molar-refractivity contribution in [3.05, 3.63) is 0 Å². The summed E-state index contributed by atoms with van der Waals surface area (Å²) < 4.78 is 24.5. The van der Waals surface area contributed by atoms with Crippen molar-refractivity contribution in [2.24, 2.45) is 5.92 Å².